The van der Waals surface area contributed by atoms with Crippen LogP contribution in [-0.4, -0.2) is 25.2 Å². The van der Waals surface area contributed by atoms with Crippen molar-refractivity contribution < 1.29 is 14.3 Å². The fraction of sp³-hybridized carbons (Fsp3) is 0.741. The molecule has 1 unspecified atom stereocenters. The normalized spacial score (nSPS) is 26.1. The third-order valence-electron chi connectivity index (χ3n) is 7.89. The molecule has 0 radical (unpaired) electrons. The monoisotopic (exact) mass is 429 g/mol. The number of carbonyl (C=O) groups excluding carboxylic acids is 1. The highest BCUT2D eigenvalue weighted by molar-refractivity contribution is 5.95. The van der Waals surface area contributed by atoms with Gasteiger partial charge in [0.15, 0.2) is 11.5 Å². The van der Waals surface area contributed by atoms with E-state index in [1.807, 2.05) is 18.2 Å². The molecule has 1 amide bonds. The Balaban J connectivity index is 1.64. The molecule has 4 rings (SSSR count). The van der Waals surface area contributed by atoms with Crippen LogP contribution < -0.4 is 14.8 Å². The number of amides is 1. The van der Waals surface area contributed by atoms with E-state index in [1.165, 1.54) is 12.8 Å². The molecule has 0 saturated heterocycles. The zero-order chi connectivity index (χ0) is 22.4. The second-order valence-electron chi connectivity index (χ2n) is 10.3. The minimum atomic E-state index is 0.00639. The number of carbonyl (C=O) groups is 1. The number of nitrogens with one attached hydrogen (secondary N) is 1. The zero-order valence-electron chi connectivity index (χ0n) is 20.3. The van der Waals surface area contributed by atoms with Gasteiger partial charge in [0.05, 0.1) is 13.2 Å². The molecule has 174 valence electrons. The summed E-state index contributed by atoms with van der Waals surface area (Å²) in [6, 6.07) is 5.92. The molecule has 3 fully saturated rings. The number of hydrogen-bond donors (Lipinski definition) is 1. The lowest BCUT2D eigenvalue weighted by Gasteiger charge is -2.62. The van der Waals surface area contributed by atoms with Crippen LogP contribution in [0.5, 0.6) is 11.5 Å². The van der Waals surface area contributed by atoms with E-state index in [9.17, 15) is 4.79 Å². The highest BCUT2D eigenvalue weighted by Crippen LogP contribution is 2.61. The van der Waals surface area contributed by atoms with E-state index < -0.39 is 0 Å². The number of fused-ring (bicyclic) bond motifs is 2. The number of unbranched alkanes of at least 4 members (excludes halogenated alkanes) is 4. The Morgan fingerprint density at radius 1 is 1.00 bits per heavy atom. The van der Waals surface area contributed by atoms with Crippen molar-refractivity contribution in [2.75, 3.05) is 13.2 Å². The maximum Gasteiger partial charge on any atom is 0.251 e. The molecule has 4 heteroatoms. The van der Waals surface area contributed by atoms with Crippen LogP contribution in [-0.2, 0) is 0 Å². The predicted molar refractivity (Wildman–Crippen MR) is 127 cm³/mol. The SMILES string of the molecule is CCCCCOc1ccc(C(=O)NC2C[C@@H]3C[C@H]([C@H]2C)C3(C)C)cc1OCCCCC. The van der Waals surface area contributed by atoms with Gasteiger partial charge < -0.3 is 14.8 Å². The molecule has 3 aliphatic carbocycles. The first-order valence-corrected chi connectivity index (χ1v) is 12.6. The minimum Gasteiger partial charge on any atom is -0.490 e. The molecule has 1 aromatic rings. The van der Waals surface area contributed by atoms with Crippen LogP contribution in [0.4, 0.5) is 0 Å². The average molecular weight is 430 g/mol. The quantitative estimate of drug-likeness (QED) is 0.380. The van der Waals surface area contributed by atoms with E-state index >= 15 is 0 Å². The lowest BCUT2D eigenvalue weighted by molar-refractivity contribution is -0.113. The van der Waals surface area contributed by atoms with Gasteiger partial charge >= 0.3 is 0 Å². The Morgan fingerprint density at radius 2 is 1.65 bits per heavy atom. The summed E-state index contributed by atoms with van der Waals surface area (Å²) in [4.78, 5) is 13.1. The third-order valence-corrected chi connectivity index (χ3v) is 7.89. The molecule has 31 heavy (non-hydrogen) atoms. The van der Waals surface area contributed by atoms with Gasteiger partial charge in [0.1, 0.15) is 0 Å². The number of hydrogen-bond acceptors (Lipinski definition) is 3. The zero-order valence-corrected chi connectivity index (χ0v) is 20.3. The van der Waals surface area contributed by atoms with Gasteiger partial charge in [-0.3, -0.25) is 4.79 Å². The Kier molecular flexibility index (Phi) is 8.30. The lowest BCUT2D eigenvalue weighted by Crippen LogP contribution is -2.60. The summed E-state index contributed by atoms with van der Waals surface area (Å²) in [7, 11) is 0. The fourth-order valence-electron chi connectivity index (χ4n) is 5.54. The standard InChI is InChI=1S/C27H43NO3/c1-6-8-10-14-30-24-13-12-20(16-25(24)31-15-11-9-7-2)26(29)28-23-18-21-17-22(19(23)3)27(21,4)5/h12-13,16,19,21-23H,6-11,14-15,17-18H2,1-5H3,(H,28,29)/t19-,21+,22-,23?/m1/s1. The van der Waals surface area contributed by atoms with Crippen molar-refractivity contribution in [2.24, 2.45) is 23.2 Å². The second kappa shape index (κ2) is 10.7. The van der Waals surface area contributed by atoms with Crippen LogP contribution in [0, 0.1) is 23.2 Å². The summed E-state index contributed by atoms with van der Waals surface area (Å²) in [5, 5.41) is 3.33. The molecule has 4 atom stereocenters. The van der Waals surface area contributed by atoms with Crippen molar-refractivity contribution in [1.29, 1.82) is 0 Å². The van der Waals surface area contributed by atoms with Gasteiger partial charge in [-0.1, -0.05) is 60.3 Å². The third kappa shape index (κ3) is 5.56. The van der Waals surface area contributed by atoms with E-state index in [4.69, 9.17) is 9.47 Å². The highest BCUT2D eigenvalue weighted by Gasteiger charge is 2.56. The molecule has 3 aliphatic rings. The summed E-state index contributed by atoms with van der Waals surface area (Å²) >= 11 is 0. The predicted octanol–water partition coefficient (Wildman–Crippen LogP) is 6.63. The number of benzene rings is 1. The van der Waals surface area contributed by atoms with Gasteiger partial charge in [0.2, 0.25) is 0 Å². The molecular weight excluding hydrogens is 386 g/mol. The summed E-state index contributed by atoms with van der Waals surface area (Å²) < 4.78 is 12.0. The van der Waals surface area contributed by atoms with E-state index in [0.717, 1.165) is 50.2 Å². The average Bonchev–Trinajstić information content (AvgIpc) is 2.75. The largest absolute Gasteiger partial charge is 0.490 e. The molecule has 4 nitrogen and oxygen atoms in total. The molecule has 2 bridgehead atoms. The highest BCUT2D eigenvalue weighted by atomic mass is 16.5. The number of rotatable bonds is 12. The van der Waals surface area contributed by atoms with E-state index in [1.54, 1.807) is 0 Å². The fourth-order valence-corrected chi connectivity index (χ4v) is 5.54. The molecule has 1 aromatic carbocycles. The van der Waals surface area contributed by atoms with Gasteiger partial charge in [-0.05, 0) is 67.1 Å². The van der Waals surface area contributed by atoms with Gasteiger partial charge in [-0.2, -0.15) is 0 Å². The molecule has 1 N–H and O–H groups in total. The van der Waals surface area contributed by atoms with Gasteiger partial charge in [-0.25, -0.2) is 0 Å². The minimum absolute atomic E-state index is 0.00639. The van der Waals surface area contributed by atoms with Crippen molar-refractivity contribution in [3.05, 3.63) is 23.8 Å². The first kappa shape index (κ1) is 23.9. The van der Waals surface area contributed by atoms with E-state index in [-0.39, 0.29) is 11.9 Å². The van der Waals surface area contributed by atoms with Crippen LogP contribution in [0.1, 0.15) is 96.3 Å². The molecule has 0 aromatic heterocycles. The molecule has 0 spiro atoms. The first-order valence-electron chi connectivity index (χ1n) is 12.6. The van der Waals surface area contributed by atoms with Crippen LogP contribution in [0.3, 0.4) is 0 Å². The van der Waals surface area contributed by atoms with Gasteiger partial charge in [-0.15, -0.1) is 0 Å². The molecule has 3 saturated carbocycles. The smallest absolute Gasteiger partial charge is 0.251 e. The summed E-state index contributed by atoms with van der Waals surface area (Å²) in [6.45, 7) is 12.8. The lowest BCUT2D eigenvalue weighted by atomic mass is 9.45. The Morgan fingerprint density at radius 3 is 2.23 bits per heavy atom. The molecule has 0 heterocycles. The summed E-state index contributed by atoms with van der Waals surface area (Å²) in [6.07, 6.45) is 9.09. The number of ether oxygens (including phenoxy) is 2. The van der Waals surface area contributed by atoms with E-state index in [2.05, 4.69) is 39.9 Å². The topological polar surface area (TPSA) is 47.6 Å². The Hall–Kier alpha value is -1.71. The second-order valence-corrected chi connectivity index (χ2v) is 10.3. The first-order chi connectivity index (χ1) is 14.9. The van der Waals surface area contributed by atoms with Crippen LogP contribution in [0.2, 0.25) is 0 Å². The van der Waals surface area contributed by atoms with Crippen molar-refractivity contribution in [1.82, 2.24) is 5.32 Å². The van der Waals surface area contributed by atoms with Crippen LogP contribution >= 0.6 is 0 Å². The Labute approximate surface area is 189 Å². The van der Waals surface area contributed by atoms with Crippen LogP contribution in [0.15, 0.2) is 18.2 Å². The van der Waals surface area contributed by atoms with Crippen molar-refractivity contribution >= 4 is 5.91 Å². The molecular formula is C27H43NO3. The van der Waals surface area contributed by atoms with Gasteiger partial charge in [0.25, 0.3) is 5.91 Å². The van der Waals surface area contributed by atoms with Crippen LogP contribution in [0.25, 0.3) is 0 Å². The van der Waals surface area contributed by atoms with Crippen molar-refractivity contribution in [3.63, 3.8) is 0 Å². The summed E-state index contributed by atoms with van der Waals surface area (Å²) in [5.74, 6) is 3.42. The molecule has 0 aliphatic heterocycles. The van der Waals surface area contributed by atoms with Crippen molar-refractivity contribution in [2.45, 2.75) is 92.0 Å². The van der Waals surface area contributed by atoms with E-state index in [0.29, 0.717) is 41.8 Å². The van der Waals surface area contributed by atoms with Gasteiger partial charge in [0, 0.05) is 11.6 Å². The van der Waals surface area contributed by atoms with Crippen molar-refractivity contribution in [3.8, 4) is 11.5 Å². The Bertz CT molecular complexity index is 729. The maximum atomic E-state index is 13.1. The maximum absolute atomic E-state index is 13.1. The summed E-state index contributed by atoms with van der Waals surface area (Å²) in [5.41, 5.74) is 1.09.